The van der Waals surface area contributed by atoms with Crippen molar-refractivity contribution in [1.82, 2.24) is 0 Å². The van der Waals surface area contributed by atoms with Gasteiger partial charge in [0.1, 0.15) is 0 Å². The smallest absolute Gasteiger partial charge is 0.377 e. The SMILES string of the molecule is C1COCCOCCOCCOCCOCCO1.C1COCCOCCOCCOCCOCCO1.[O-][Cl+3]([O-])([O-])[O-].[O-][Cl+3]([O-])([O-])[O-].[Tl+].[Tl+]. The zero-order chi connectivity index (χ0) is 34.5. The van der Waals surface area contributed by atoms with Crippen LogP contribution in [0.25, 0.3) is 0 Å². The van der Waals surface area contributed by atoms with Crippen LogP contribution < -0.4 is 37.3 Å². The van der Waals surface area contributed by atoms with Gasteiger partial charge in [-0.2, -0.15) is 0 Å². The Hall–Kier alpha value is 1.62. The van der Waals surface area contributed by atoms with Gasteiger partial charge in [-0.3, -0.25) is 0 Å². The molecule has 0 N–H and O–H groups in total. The molecule has 0 radical (unpaired) electrons. The molecule has 20 nitrogen and oxygen atoms in total. The number of halogens is 2. The summed E-state index contributed by atoms with van der Waals surface area (Å²) in [5.41, 5.74) is 0. The van der Waals surface area contributed by atoms with E-state index in [9.17, 15) is 0 Å². The first-order valence-electron chi connectivity index (χ1n) is 14.2. The molecule has 284 valence electrons. The maximum atomic E-state index is 8.49. The summed E-state index contributed by atoms with van der Waals surface area (Å²) in [6.45, 7) is 14.1. The summed E-state index contributed by atoms with van der Waals surface area (Å²) in [7, 11) is -9.89. The Bertz CT molecular complexity index is 375. The monoisotopic (exact) mass is 1140 g/mol. The summed E-state index contributed by atoms with van der Waals surface area (Å²) in [5.74, 6) is 0. The molecule has 0 aromatic heterocycles. The average Bonchev–Trinajstić information content (AvgIpc) is 2.96. The summed E-state index contributed by atoms with van der Waals surface area (Å²) >= 11 is 0. The van der Waals surface area contributed by atoms with Gasteiger partial charge < -0.3 is 56.8 Å². The second-order valence-corrected chi connectivity index (χ2v) is 9.62. The van der Waals surface area contributed by atoms with E-state index >= 15 is 0 Å². The molecule has 0 aromatic rings. The molecule has 0 spiro atoms. The van der Waals surface area contributed by atoms with Gasteiger partial charge in [0.05, 0.1) is 159 Å². The van der Waals surface area contributed by atoms with E-state index in [-0.39, 0.29) is 54.6 Å². The second-order valence-electron chi connectivity index (χ2n) is 8.10. The molecule has 2 fully saturated rings. The minimum absolute atomic E-state index is 0. The molecule has 48 heavy (non-hydrogen) atoms. The van der Waals surface area contributed by atoms with E-state index in [4.69, 9.17) is 94.1 Å². The predicted molar refractivity (Wildman–Crippen MR) is 141 cm³/mol. The quantitative estimate of drug-likeness (QED) is 0.204. The van der Waals surface area contributed by atoms with Gasteiger partial charge in [-0.05, 0) is 0 Å². The van der Waals surface area contributed by atoms with Crippen molar-refractivity contribution in [2.45, 2.75) is 0 Å². The molecule has 24 heteroatoms. The van der Waals surface area contributed by atoms with Gasteiger partial charge in [0.25, 0.3) is 0 Å². The zero-order valence-corrected chi connectivity index (χ0v) is 37.5. The molecule has 0 aliphatic carbocycles. The predicted octanol–water partition coefficient (Wildman–Crippen LogP) is -10.1. The molecular formula is C24H48Cl2O20Tl2. The van der Waals surface area contributed by atoms with Crippen LogP contribution in [0.15, 0.2) is 0 Å². The molecule has 2 saturated heterocycles. The maximum Gasteiger partial charge on any atom is 1.00 e. The maximum absolute atomic E-state index is 8.49. The first-order chi connectivity index (χ1) is 22.0. The molecule has 0 aromatic carbocycles. The van der Waals surface area contributed by atoms with Gasteiger partial charge in [-0.25, -0.2) is 37.3 Å². The van der Waals surface area contributed by atoms with Crippen molar-refractivity contribution in [3.63, 3.8) is 0 Å². The van der Waals surface area contributed by atoms with Crippen molar-refractivity contribution < 1.29 is 115 Å². The van der Waals surface area contributed by atoms with E-state index < -0.39 is 20.5 Å². The third-order valence-corrected chi connectivity index (χ3v) is 4.46. The Balaban J connectivity index is -0.000000305. The van der Waals surface area contributed by atoms with Crippen LogP contribution in [0.2, 0.25) is 0 Å². The third-order valence-electron chi connectivity index (χ3n) is 4.46. The molecule has 0 unspecified atom stereocenters. The van der Waals surface area contributed by atoms with E-state index in [2.05, 4.69) is 0 Å². The number of hydrogen-bond acceptors (Lipinski definition) is 20. The number of hydrogen-bond donors (Lipinski definition) is 0. The zero-order valence-electron chi connectivity index (χ0n) is 27.0. The molecule has 0 amide bonds. The van der Waals surface area contributed by atoms with Crippen molar-refractivity contribution in [3.8, 4) is 0 Å². The Morgan fingerprint density at radius 1 is 0.188 bits per heavy atom. The van der Waals surface area contributed by atoms with Crippen molar-refractivity contribution in [2.75, 3.05) is 159 Å². The van der Waals surface area contributed by atoms with Crippen LogP contribution in [-0.2, 0) is 56.8 Å². The molecule has 2 rings (SSSR count). The van der Waals surface area contributed by atoms with Crippen LogP contribution in [-0.4, -0.2) is 213 Å². The second kappa shape index (κ2) is 44.8. The topological polar surface area (TPSA) is 295 Å². The molecule has 2 heterocycles. The minimum atomic E-state index is -4.94. The Kier molecular flexibility index (Phi) is 52.6. The normalized spacial score (nSPS) is 20.5. The molecule has 0 saturated carbocycles. The molecule has 0 atom stereocenters. The van der Waals surface area contributed by atoms with E-state index in [1.54, 1.807) is 0 Å². The van der Waals surface area contributed by atoms with Gasteiger partial charge in [-0.1, -0.05) is 0 Å². The Morgan fingerprint density at radius 3 is 0.271 bits per heavy atom. The molecule has 2 aliphatic rings. The molecule has 0 bridgehead atoms. The fourth-order valence-corrected chi connectivity index (χ4v) is 2.64. The van der Waals surface area contributed by atoms with Gasteiger partial charge in [0.2, 0.25) is 0 Å². The van der Waals surface area contributed by atoms with E-state index in [1.165, 1.54) is 0 Å². The van der Waals surface area contributed by atoms with Gasteiger partial charge in [0.15, 0.2) is 0 Å². The fraction of sp³-hybridized carbons (Fsp3) is 1.00. The molecular weight excluding hydrogens is 1090 g/mol. The first kappa shape index (κ1) is 56.4. The van der Waals surface area contributed by atoms with E-state index in [0.717, 1.165) is 0 Å². The standard InChI is InChI=1S/2C12H24O6.2ClHO4.2Tl/c2*1-2-14-5-6-16-9-10-18-12-11-17-8-7-15-4-3-13-1;2*2-1(3,4)5;;/h2*1-12H2;2*(H,2,3,4,5);;/q;;;;2*+1/p-2. The minimum Gasteiger partial charge on any atom is -0.377 e. The van der Waals surface area contributed by atoms with Crippen molar-refractivity contribution in [1.29, 1.82) is 0 Å². The van der Waals surface area contributed by atoms with Crippen LogP contribution in [0, 0.1) is 20.5 Å². The van der Waals surface area contributed by atoms with Crippen LogP contribution >= 0.6 is 0 Å². The van der Waals surface area contributed by atoms with Gasteiger partial charge in [-0.15, -0.1) is 20.5 Å². The summed E-state index contributed by atoms with van der Waals surface area (Å²) in [6, 6.07) is 0. The Labute approximate surface area is 325 Å². The molecule has 2 aliphatic heterocycles. The Morgan fingerprint density at radius 2 is 0.229 bits per heavy atom. The van der Waals surface area contributed by atoms with Crippen molar-refractivity contribution >= 4 is 54.6 Å². The summed E-state index contributed by atoms with van der Waals surface area (Å²) in [6.07, 6.45) is 0. The van der Waals surface area contributed by atoms with Crippen LogP contribution in [0.5, 0.6) is 0 Å². The van der Waals surface area contributed by atoms with E-state index in [1.807, 2.05) is 0 Å². The van der Waals surface area contributed by atoms with Gasteiger partial charge in [0, 0.05) is 0 Å². The fourth-order valence-electron chi connectivity index (χ4n) is 2.64. The number of ether oxygens (including phenoxy) is 12. The van der Waals surface area contributed by atoms with E-state index in [0.29, 0.717) is 159 Å². The largest absolute Gasteiger partial charge is 1.00 e. The van der Waals surface area contributed by atoms with Crippen molar-refractivity contribution in [2.24, 2.45) is 0 Å². The van der Waals surface area contributed by atoms with Crippen LogP contribution in [0.3, 0.4) is 0 Å². The third kappa shape index (κ3) is 73.1. The van der Waals surface area contributed by atoms with Crippen molar-refractivity contribution in [3.05, 3.63) is 0 Å². The number of rotatable bonds is 0. The summed E-state index contributed by atoms with van der Waals surface area (Å²) in [5, 5.41) is 0. The first-order valence-corrected chi connectivity index (χ1v) is 16.6. The summed E-state index contributed by atoms with van der Waals surface area (Å²) < 4.78 is 132. The summed E-state index contributed by atoms with van der Waals surface area (Å²) in [4.78, 5) is 0. The van der Waals surface area contributed by atoms with Gasteiger partial charge >= 0.3 is 54.6 Å². The average molecular weight is 1140 g/mol. The van der Waals surface area contributed by atoms with Crippen LogP contribution in [0.1, 0.15) is 0 Å². The van der Waals surface area contributed by atoms with Crippen LogP contribution in [0.4, 0.5) is 0 Å².